The van der Waals surface area contributed by atoms with Crippen molar-refractivity contribution in [1.29, 1.82) is 0 Å². The van der Waals surface area contributed by atoms with Gasteiger partial charge in [-0.15, -0.1) is 0 Å². The molecular formula is C21H21ClF3N3O6. The number of carbonyl (C=O) groups is 2. The Kier molecular flexibility index (Phi) is 8.68. The summed E-state index contributed by atoms with van der Waals surface area (Å²) in [6, 6.07) is 5.18. The number of nitrogens with zero attached hydrogens (tertiary/aromatic N) is 1. The molecule has 0 radical (unpaired) electrons. The lowest BCUT2D eigenvalue weighted by molar-refractivity contribution is -0.384. The van der Waals surface area contributed by atoms with Gasteiger partial charge in [0.1, 0.15) is 11.8 Å². The number of halogens is 4. The lowest BCUT2D eigenvalue weighted by Gasteiger charge is -2.23. The van der Waals surface area contributed by atoms with E-state index in [9.17, 15) is 32.9 Å². The quantitative estimate of drug-likeness (QED) is 0.284. The Morgan fingerprint density at radius 3 is 2.32 bits per heavy atom. The van der Waals surface area contributed by atoms with Crippen molar-refractivity contribution in [1.82, 2.24) is 0 Å². The predicted octanol–water partition coefficient (Wildman–Crippen LogP) is 4.89. The minimum absolute atomic E-state index is 0.0348. The SMILES string of the molecule is COc1cc([N+](=O)[O-])ccc1NC(=O)COC(=O)[C@@H](Nc1ccc(C(F)(F)F)cc1Cl)C(C)C. The number of methoxy groups -OCH3 is 1. The van der Waals surface area contributed by atoms with Crippen LogP contribution >= 0.6 is 11.6 Å². The summed E-state index contributed by atoms with van der Waals surface area (Å²) in [5.74, 6) is -1.91. The molecule has 1 atom stereocenters. The Morgan fingerprint density at radius 2 is 1.79 bits per heavy atom. The van der Waals surface area contributed by atoms with E-state index in [1.54, 1.807) is 13.8 Å². The van der Waals surface area contributed by atoms with Crippen molar-refractivity contribution in [2.45, 2.75) is 26.1 Å². The first-order chi connectivity index (χ1) is 15.8. The average molecular weight is 504 g/mol. The molecule has 34 heavy (non-hydrogen) atoms. The van der Waals surface area contributed by atoms with E-state index in [2.05, 4.69) is 10.6 Å². The van der Waals surface area contributed by atoms with Crippen LogP contribution in [0.5, 0.6) is 5.75 Å². The van der Waals surface area contributed by atoms with Crippen LogP contribution in [-0.4, -0.2) is 36.6 Å². The smallest absolute Gasteiger partial charge is 0.416 e. The summed E-state index contributed by atoms with van der Waals surface area (Å²) in [6.07, 6.45) is -4.57. The number of hydrogen-bond donors (Lipinski definition) is 2. The summed E-state index contributed by atoms with van der Waals surface area (Å²) in [4.78, 5) is 35.0. The van der Waals surface area contributed by atoms with Gasteiger partial charge in [-0.2, -0.15) is 13.2 Å². The van der Waals surface area contributed by atoms with E-state index in [0.717, 1.165) is 30.3 Å². The van der Waals surface area contributed by atoms with Gasteiger partial charge in [0.2, 0.25) is 0 Å². The Labute approximate surface area is 197 Å². The van der Waals surface area contributed by atoms with Crippen LogP contribution in [-0.2, 0) is 20.5 Å². The van der Waals surface area contributed by atoms with E-state index in [1.165, 1.54) is 13.2 Å². The number of anilines is 2. The Hall–Kier alpha value is -3.54. The molecular weight excluding hydrogens is 483 g/mol. The maximum absolute atomic E-state index is 12.8. The largest absolute Gasteiger partial charge is 0.494 e. The first-order valence-electron chi connectivity index (χ1n) is 9.75. The Bertz CT molecular complexity index is 1080. The van der Waals surface area contributed by atoms with Gasteiger partial charge in [-0.25, -0.2) is 4.79 Å². The van der Waals surface area contributed by atoms with Crippen molar-refractivity contribution in [2.75, 3.05) is 24.4 Å². The van der Waals surface area contributed by atoms with Crippen LogP contribution < -0.4 is 15.4 Å². The van der Waals surface area contributed by atoms with Crippen molar-refractivity contribution in [3.8, 4) is 5.75 Å². The molecule has 0 fully saturated rings. The van der Waals surface area contributed by atoms with Gasteiger partial charge in [0.15, 0.2) is 6.61 Å². The van der Waals surface area contributed by atoms with Gasteiger partial charge >= 0.3 is 12.1 Å². The van der Waals surface area contributed by atoms with Gasteiger partial charge in [-0.1, -0.05) is 25.4 Å². The van der Waals surface area contributed by atoms with Crippen molar-refractivity contribution < 1.29 is 37.2 Å². The van der Waals surface area contributed by atoms with E-state index >= 15 is 0 Å². The van der Waals surface area contributed by atoms with Crippen molar-refractivity contribution >= 4 is 40.5 Å². The van der Waals surface area contributed by atoms with E-state index < -0.39 is 41.2 Å². The Balaban J connectivity index is 2.04. The van der Waals surface area contributed by atoms with Crippen molar-refractivity contribution in [2.24, 2.45) is 5.92 Å². The zero-order valence-corrected chi connectivity index (χ0v) is 19.0. The van der Waals surface area contributed by atoms with E-state index in [0.29, 0.717) is 0 Å². The number of non-ortho nitro benzene ring substituents is 1. The van der Waals surface area contributed by atoms with Gasteiger partial charge < -0.3 is 20.1 Å². The molecule has 0 heterocycles. The number of hydrogen-bond acceptors (Lipinski definition) is 7. The fraction of sp³-hybridized carbons (Fsp3) is 0.333. The third kappa shape index (κ3) is 6.98. The zero-order chi connectivity index (χ0) is 25.6. The highest BCUT2D eigenvalue weighted by molar-refractivity contribution is 6.33. The molecule has 0 bridgehead atoms. The predicted molar refractivity (Wildman–Crippen MR) is 118 cm³/mol. The van der Waals surface area contributed by atoms with Gasteiger partial charge in [0, 0.05) is 6.07 Å². The second-order valence-corrected chi connectivity index (χ2v) is 7.76. The van der Waals surface area contributed by atoms with Crippen molar-refractivity contribution in [3.05, 3.63) is 57.1 Å². The number of alkyl halides is 3. The molecule has 0 unspecified atom stereocenters. The van der Waals surface area contributed by atoms with E-state index in [-0.39, 0.29) is 33.8 Å². The molecule has 9 nitrogen and oxygen atoms in total. The minimum atomic E-state index is -4.57. The molecule has 2 N–H and O–H groups in total. The fourth-order valence-corrected chi connectivity index (χ4v) is 3.02. The summed E-state index contributed by atoms with van der Waals surface area (Å²) >= 11 is 5.93. The molecule has 0 aromatic heterocycles. The standard InChI is InChI=1S/C21H21ClF3N3O6/c1-11(2)19(27-15-6-4-12(8-14(15)22)21(23,24)25)20(30)34-10-18(29)26-16-7-5-13(28(31)32)9-17(16)33-3/h4-9,11,19,27H,10H2,1-3H3,(H,26,29)/t19-/m0/s1. The lowest BCUT2D eigenvalue weighted by Crippen LogP contribution is -2.37. The highest BCUT2D eigenvalue weighted by Gasteiger charge is 2.32. The molecule has 2 aromatic carbocycles. The molecule has 1 amide bonds. The average Bonchev–Trinajstić information content (AvgIpc) is 2.75. The number of rotatable bonds is 9. The number of nitro benzene ring substituents is 1. The first kappa shape index (κ1) is 26.7. The second kappa shape index (κ2) is 11.1. The summed E-state index contributed by atoms with van der Waals surface area (Å²) < 4.78 is 48.5. The first-order valence-corrected chi connectivity index (χ1v) is 10.1. The van der Waals surface area contributed by atoms with Gasteiger partial charge in [0.25, 0.3) is 11.6 Å². The molecule has 2 aromatic rings. The van der Waals surface area contributed by atoms with Crippen LogP contribution in [0.3, 0.4) is 0 Å². The number of benzene rings is 2. The number of amides is 1. The number of esters is 1. The highest BCUT2D eigenvalue weighted by atomic mass is 35.5. The lowest BCUT2D eigenvalue weighted by atomic mass is 10.0. The summed E-state index contributed by atoms with van der Waals surface area (Å²) in [5, 5.41) is 15.8. The van der Waals surface area contributed by atoms with Crippen LogP contribution in [0.15, 0.2) is 36.4 Å². The number of ether oxygens (including phenoxy) is 2. The maximum Gasteiger partial charge on any atom is 0.416 e. The third-order valence-electron chi connectivity index (χ3n) is 4.54. The van der Waals surface area contributed by atoms with E-state index in [1.807, 2.05) is 0 Å². The zero-order valence-electron chi connectivity index (χ0n) is 18.2. The van der Waals surface area contributed by atoms with Gasteiger partial charge in [-0.05, 0) is 30.2 Å². The maximum atomic E-state index is 12.8. The summed E-state index contributed by atoms with van der Waals surface area (Å²) in [6.45, 7) is 2.64. The molecule has 13 heteroatoms. The monoisotopic (exact) mass is 503 g/mol. The van der Waals surface area contributed by atoms with Gasteiger partial charge in [-0.3, -0.25) is 14.9 Å². The number of nitro groups is 1. The van der Waals surface area contributed by atoms with E-state index in [4.69, 9.17) is 21.1 Å². The topological polar surface area (TPSA) is 120 Å². The highest BCUT2D eigenvalue weighted by Crippen LogP contribution is 2.34. The second-order valence-electron chi connectivity index (χ2n) is 7.36. The number of carbonyl (C=O) groups excluding carboxylic acids is 2. The molecule has 0 aliphatic heterocycles. The molecule has 2 rings (SSSR count). The van der Waals surface area contributed by atoms with Crippen LogP contribution in [0, 0.1) is 16.0 Å². The normalized spacial score (nSPS) is 12.1. The molecule has 0 aliphatic rings. The van der Waals surface area contributed by atoms with Crippen LogP contribution in [0.4, 0.5) is 30.2 Å². The summed E-state index contributed by atoms with van der Waals surface area (Å²) in [7, 11) is 1.26. The minimum Gasteiger partial charge on any atom is -0.494 e. The molecule has 184 valence electrons. The fourth-order valence-electron chi connectivity index (χ4n) is 2.78. The van der Waals surface area contributed by atoms with Crippen LogP contribution in [0.1, 0.15) is 19.4 Å². The molecule has 0 saturated heterocycles. The van der Waals surface area contributed by atoms with Crippen LogP contribution in [0.25, 0.3) is 0 Å². The third-order valence-corrected chi connectivity index (χ3v) is 4.86. The molecule has 0 aliphatic carbocycles. The Morgan fingerprint density at radius 1 is 1.15 bits per heavy atom. The summed E-state index contributed by atoms with van der Waals surface area (Å²) in [5.41, 5.74) is -0.964. The van der Waals surface area contributed by atoms with Crippen molar-refractivity contribution in [3.63, 3.8) is 0 Å². The van der Waals surface area contributed by atoms with Crippen LogP contribution in [0.2, 0.25) is 5.02 Å². The molecule has 0 saturated carbocycles. The molecule has 0 spiro atoms. The number of nitrogens with one attached hydrogen (secondary N) is 2. The van der Waals surface area contributed by atoms with Gasteiger partial charge in [0.05, 0.1) is 40.1 Å².